The number of pyridine rings is 1. The molecular formula is C24H19ClN6. The lowest BCUT2D eigenvalue weighted by Crippen LogP contribution is -2.13. The average molecular weight is 427 g/mol. The summed E-state index contributed by atoms with van der Waals surface area (Å²) in [4.78, 5) is 11.5. The Hall–Kier alpha value is -3.51. The zero-order valence-electron chi connectivity index (χ0n) is 16.9. The van der Waals surface area contributed by atoms with Crippen molar-refractivity contribution in [3.63, 3.8) is 0 Å². The van der Waals surface area contributed by atoms with Gasteiger partial charge >= 0.3 is 0 Å². The third-order valence-corrected chi connectivity index (χ3v) is 6.11. The highest BCUT2D eigenvalue weighted by Crippen LogP contribution is 2.39. The predicted molar refractivity (Wildman–Crippen MR) is 123 cm³/mol. The van der Waals surface area contributed by atoms with E-state index in [9.17, 15) is 0 Å². The van der Waals surface area contributed by atoms with Crippen LogP contribution in [0.15, 0.2) is 66.9 Å². The molecule has 31 heavy (non-hydrogen) atoms. The van der Waals surface area contributed by atoms with E-state index in [1.165, 1.54) is 18.5 Å². The van der Waals surface area contributed by atoms with E-state index in [0.717, 1.165) is 33.5 Å². The molecular weight excluding hydrogens is 408 g/mol. The molecule has 1 saturated carbocycles. The molecule has 0 amide bonds. The number of anilines is 2. The first-order chi connectivity index (χ1) is 15.2. The van der Waals surface area contributed by atoms with E-state index in [1.54, 1.807) is 4.40 Å². The topological polar surface area (TPSA) is 59.2 Å². The van der Waals surface area contributed by atoms with Crippen molar-refractivity contribution in [1.29, 1.82) is 0 Å². The Balaban J connectivity index is 1.43. The Morgan fingerprint density at radius 3 is 2.65 bits per heavy atom. The summed E-state index contributed by atoms with van der Waals surface area (Å²) in [5.41, 5.74) is 5.37. The number of hydrogen-bond donors (Lipinski definition) is 0. The van der Waals surface area contributed by atoms with E-state index in [2.05, 4.69) is 56.5 Å². The van der Waals surface area contributed by atoms with Gasteiger partial charge in [0.25, 0.3) is 5.78 Å². The molecule has 0 saturated heterocycles. The molecule has 6 nitrogen and oxygen atoms in total. The average Bonchev–Trinajstić information content (AvgIpc) is 3.61. The lowest BCUT2D eigenvalue weighted by Gasteiger charge is -2.21. The van der Waals surface area contributed by atoms with Crippen LogP contribution in [0.5, 0.6) is 0 Å². The monoisotopic (exact) mass is 426 g/mol. The van der Waals surface area contributed by atoms with Crippen LogP contribution in [-0.2, 0) is 0 Å². The van der Waals surface area contributed by atoms with E-state index in [4.69, 9.17) is 16.6 Å². The number of para-hydroxylation sites is 1. The van der Waals surface area contributed by atoms with Gasteiger partial charge < -0.3 is 4.90 Å². The number of aromatic nitrogens is 5. The quantitative estimate of drug-likeness (QED) is 0.372. The Labute approximate surface area is 184 Å². The SMILES string of the molecule is CN(c1cccc(-c2ccc(C3CC3)nc2)c1)c1nc2nnc(Cl)n2c2ccccc12. The summed E-state index contributed by atoms with van der Waals surface area (Å²) in [7, 11) is 2.01. The number of halogens is 1. The Morgan fingerprint density at radius 2 is 1.84 bits per heavy atom. The van der Waals surface area contributed by atoms with Crippen LogP contribution < -0.4 is 4.90 Å². The van der Waals surface area contributed by atoms with Gasteiger partial charge in [-0.2, -0.15) is 4.98 Å². The molecule has 0 bridgehead atoms. The van der Waals surface area contributed by atoms with Crippen molar-refractivity contribution in [3.05, 3.63) is 77.8 Å². The molecule has 3 aromatic heterocycles. The van der Waals surface area contributed by atoms with E-state index in [-0.39, 0.29) is 0 Å². The van der Waals surface area contributed by atoms with Gasteiger partial charge in [-0.1, -0.05) is 30.3 Å². The number of nitrogens with zero attached hydrogens (tertiary/aromatic N) is 6. The molecule has 6 rings (SSSR count). The molecule has 0 atom stereocenters. The van der Waals surface area contributed by atoms with Crippen LogP contribution in [0, 0.1) is 0 Å². The highest BCUT2D eigenvalue weighted by atomic mass is 35.5. The second-order valence-corrected chi connectivity index (χ2v) is 8.25. The second kappa shape index (κ2) is 7.03. The molecule has 0 radical (unpaired) electrons. The lowest BCUT2D eigenvalue weighted by molar-refractivity contribution is 1.02. The number of rotatable bonds is 4. The maximum Gasteiger partial charge on any atom is 0.258 e. The van der Waals surface area contributed by atoms with E-state index >= 15 is 0 Å². The van der Waals surface area contributed by atoms with Gasteiger partial charge in [0.2, 0.25) is 5.28 Å². The summed E-state index contributed by atoms with van der Waals surface area (Å²) in [6.45, 7) is 0. The summed E-state index contributed by atoms with van der Waals surface area (Å²) < 4.78 is 1.76. The van der Waals surface area contributed by atoms with Crippen LogP contribution in [0.2, 0.25) is 5.28 Å². The van der Waals surface area contributed by atoms with Gasteiger partial charge in [-0.05, 0) is 60.3 Å². The molecule has 0 unspecified atom stereocenters. The van der Waals surface area contributed by atoms with E-state index < -0.39 is 0 Å². The van der Waals surface area contributed by atoms with Crippen molar-refractivity contribution < 1.29 is 0 Å². The minimum Gasteiger partial charge on any atom is -0.329 e. The van der Waals surface area contributed by atoms with Gasteiger partial charge in [-0.3, -0.25) is 4.98 Å². The number of fused-ring (bicyclic) bond motifs is 3. The maximum absolute atomic E-state index is 6.25. The van der Waals surface area contributed by atoms with Crippen molar-refractivity contribution in [1.82, 2.24) is 24.6 Å². The summed E-state index contributed by atoms with van der Waals surface area (Å²) in [5.74, 6) is 1.93. The van der Waals surface area contributed by atoms with Crippen LogP contribution in [0.3, 0.4) is 0 Å². The fourth-order valence-corrected chi connectivity index (χ4v) is 4.22. The molecule has 0 aliphatic heterocycles. The first kappa shape index (κ1) is 18.3. The molecule has 0 spiro atoms. The summed E-state index contributed by atoms with van der Waals surface area (Å²) >= 11 is 6.25. The minimum atomic E-state index is 0.303. The van der Waals surface area contributed by atoms with E-state index in [1.807, 2.05) is 37.5 Å². The zero-order chi connectivity index (χ0) is 20.9. The van der Waals surface area contributed by atoms with Crippen LogP contribution >= 0.6 is 11.6 Å². The van der Waals surface area contributed by atoms with Gasteiger partial charge in [-0.25, -0.2) is 4.40 Å². The molecule has 1 fully saturated rings. The standard InChI is InChI=1S/C24H19ClN6/c1-30(22-19-7-2-3-8-21(19)31-23(25)28-29-24(31)27-22)18-6-4-5-16(13-18)17-11-12-20(26-14-17)15-9-10-15/h2-8,11-15H,9-10H2,1H3. The number of benzene rings is 2. The summed E-state index contributed by atoms with van der Waals surface area (Å²) in [5, 5.41) is 9.39. The van der Waals surface area contributed by atoms with Gasteiger partial charge in [0.15, 0.2) is 0 Å². The third kappa shape index (κ3) is 3.11. The maximum atomic E-state index is 6.25. The minimum absolute atomic E-state index is 0.303. The molecule has 3 heterocycles. The zero-order valence-corrected chi connectivity index (χ0v) is 17.7. The first-order valence-corrected chi connectivity index (χ1v) is 10.7. The van der Waals surface area contributed by atoms with Crippen LogP contribution in [0.25, 0.3) is 27.8 Å². The molecule has 5 aromatic rings. The van der Waals surface area contributed by atoms with Gasteiger partial charge in [0, 0.05) is 41.5 Å². The van der Waals surface area contributed by atoms with Crippen LogP contribution in [0.1, 0.15) is 24.5 Å². The van der Waals surface area contributed by atoms with Gasteiger partial charge in [0.1, 0.15) is 5.82 Å². The smallest absolute Gasteiger partial charge is 0.258 e. The van der Waals surface area contributed by atoms with Crippen LogP contribution in [-0.4, -0.2) is 31.6 Å². The summed E-state index contributed by atoms with van der Waals surface area (Å²) in [6, 6.07) is 20.7. The highest BCUT2D eigenvalue weighted by molar-refractivity contribution is 6.29. The van der Waals surface area contributed by atoms with Crippen LogP contribution in [0.4, 0.5) is 11.5 Å². The second-order valence-electron chi connectivity index (χ2n) is 7.91. The Morgan fingerprint density at radius 1 is 0.968 bits per heavy atom. The van der Waals surface area contributed by atoms with Crippen molar-refractivity contribution in [2.45, 2.75) is 18.8 Å². The molecule has 1 aliphatic rings. The third-order valence-electron chi connectivity index (χ3n) is 5.86. The fourth-order valence-electron chi connectivity index (χ4n) is 4.02. The van der Waals surface area contributed by atoms with Gasteiger partial charge in [0.05, 0.1) is 5.52 Å². The highest BCUT2D eigenvalue weighted by Gasteiger charge is 2.24. The first-order valence-electron chi connectivity index (χ1n) is 10.3. The lowest BCUT2D eigenvalue weighted by atomic mass is 10.1. The normalized spacial score (nSPS) is 13.7. The Kier molecular flexibility index (Phi) is 4.14. The van der Waals surface area contributed by atoms with Gasteiger partial charge in [-0.15, -0.1) is 10.2 Å². The van der Waals surface area contributed by atoms with Crippen molar-refractivity contribution in [2.24, 2.45) is 0 Å². The van der Waals surface area contributed by atoms with Crippen molar-refractivity contribution in [2.75, 3.05) is 11.9 Å². The molecule has 1 aliphatic carbocycles. The van der Waals surface area contributed by atoms with E-state index in [0.29, 0.717) is 17.0 Å². The van der Waals surface area contributed by atoms with Crippen molar-refractivity contribution >= 4 is 39.8 Å². The fraction of sp³-hybridized carbons (Fsp3) is 0.167. The molecule has 2 aromatic carbocycles. The molecule has 0 N–H and O–H groups in total. The molecule has 7 heteroatoms. The number of hydrogen-bond acceptors (Lipinski definition) is 5. The predicted octanol–water partition coefficient (Wildman–Crippen LogP) is 5.64. The summed E-state index contributed by atoms with van der Waals surface area (Å²) in [6.07, 6.45) is 4.50. The molecule has 152 valence electrons. The van der Waals surface area contributed by atoms with Crippen molar-refractivity contribution in [3.8, 4) is 11.1 Å². The largest absolute Gasteiger partial charge is 0.329 e. The Bertz CT molecular complexity index is 1420.